The van der Waals surface area contributed by atoms with Gasteiger partial charge in [-0.15, -0.1) is 11.3 Å². The van der Waals surface area contributed by atoms with E-state index in [-0.39, 0.29) is 5.91 Å². The van der Waals surface area contributed by atoms with Crippen LogP contribution in [0.25, 0.3) is 0 Å². The van der Waals surface area contributed by atoms with Crippen LogP contribution in [0.4, 0.5) is 0 Å². The van der Waals surface area contributed by atoms with Crippen LogP contribution in [0.1, 0.15) is 21.7 Å². The van der Waals surface area contributed by atoms with Crippen molar-refractivity contribution < 1.29 is 14.3 Å². The Balaban J connectivity index is 1.38. The topological polar surface area (TPSA) is 42.0 Å². The molecule has 1 fully saturated rings. The molecule has 3 heterocycles. The van der Waals surface area contributed by atoms with Crippen LogP contribution in [0.3, 0.4) is 0 Å². The second kappa shape index (κ2) is 7.86. The summed E-state index contributed by atoms with van der Waals surface area (Å²) in [7, 11) is 0. The second-order valence-electron chi connectivity index (χ2n) is 6.50. The highest BCUT2D eigenvalue weighted by molar-refractivity contribution is 7.12. The maximum Gasteiger partial charge on any atom is 0.264 e. The summed E-state index contributed by atoms with van der Waals surface area (Å²) in [5.41, 5.74) is 1.11. The van der Waals surface area contributed by atoms with E-state index in [0.29, 0.717) is 24.0 Å². The van der Waals surface area contributed by atoms with Gasteiger partial charge in [0.2, 0.25) is 0 Å². The van der Waals surface area contributed by atoms with Gasteiger partial charge in [0, 0.05) is 39.1 Å². The first kappa shape index (κ1) is 17.6. The van der Waals surface area contributed by atoms with E-state index in [4.69, 9.17) is 21.1 Å². The van der Waals surface area contributed by atoms with Gasteiger partial charge in [0.05, 0.1) is 23.1 Å². The number of rotatable bonds is 3. The average Bonchev–Trinajstić information content (AvgIpc) is 3.08. The number of fused-ring (bicyclic) bond motifs is 1. The SMILES string of the molecule is O=C(c1cccs1)N1CCN(Cc2cc(Cl)c3c(c2)OCCCO3)CC1. The van der Waals surface area contributed by atoms with Crippen LogP contribution in [0.5, 0.6) is 11.5 Å². The van der Waals surface area contributed by atoms with Crippen LogP contribution in [0.2, 0.25) is 5.02 Å². The maximum atomic E-state index is 12.4. The van der Waals surface area contributed by atoms with Crippen molar-refractivity contribution in [3.8, 4) is 11.5 Å². The van der Waals surface area contributed by atoms with E-state index in [0.717, 1.165) is 55.3 Å². The molecule has 0 saturated carbocycles. The Hall–Kier alpha value is -1.76. The van der Waals surface area contributed by atoms with Crippen LogP contribution >= 0.6 is 22.9 Å². The molecule has 4 rings (SSSR count). The molecule has 1 amide bonds. The van der Waals surface area contributed by atoms with Gasteiger partial charge in [0.15, 0.2) is 11.5 Å². The number of hydrogen-bond donors (Lipinski definition) is 0. The Morgan fingerprint density at radius 3 is 2.73 bits per heavy atom. The number of nitrogens with zero attached hydrogens (tertiary/aromatic N) is 2. The van der Waals surface area contributed by atoms with E-state index < -0.39 is 0 Å². The van der Waals surface area contributed by atoms with Gasteiger partial charge in [-0.25, -0.2) is 0 Å². The molecule has 26 heavy (non-hydrogen) atoms. The molecule has 0 unspecified atom stereocenters. The van der Waals surface area contributed by atoms with Gasteiger partial charge in [0.25, 0.3) is 5.91 Å². The number of carbonyl (C=O) groups is 1. The first-order chi connectivity index (χ1) is 12.7. The summed E-state index contributed by atoms with van der Waals surface area (Å²) >= 11 is 7.88. The fourth-order valence-electron chi connectivity index (χ4n) is 3.30. The lowest BCUT2D eigenvalue weighted by molar-refractivity contribution is 0.0633. The Labute approximate surface area is 162 Å². The van der Waals surface area contributed by atoms with Crippen molar-refractivity contribution in [2.24, 2.45) is 0 Å². The molecule has 0 radical (unpaired) electrons. The summed E-state index contributed by atoms with van der Waals surface area (Å²) in [6.45, 7) is 5.26. The van der Waals surface area contributed by atoms with E-state index in [1.54, 1.807) is 0 Å². The zero-order chi connectivity index (χ0) is 17.9. The molecular weight excluding hydrogens is 372 g/mol. The number of thiophene rings is 1. The zero-order valence-corrected chi connectivity index (χ0v) is 16.0. The normalized spacial score (nSPS) is 17.8. The van der Waals surface area contributed by atoms with E-state index in [1.807, 2.05) is 34.5 Å². The summed E-state index contributed by atoms with van der Waals surface area (Å²) in [6.07, 6.45) is 0.862. The quantitative estimate of drug-likeness (QED) is 0.801. The molecule has 1 aromatic heterocycles. The van der Waals surface area contributed by atoms with Crippen LogP contribution in [-0.4, -0.2) is 55.1 Å². The van der Waals surface area contributed by atoms with Crippen LogP contribution in [-0.2, 0) is 6.54 Å². The molecule has 0 atom stereocenters. The van der Waals surface area contributed by atoms with E-state index in [2.05, 4.69) is 4.90 Å². The van der Waals surface area contributed by atoms with Crippen LogP contribution < -0.4 is 9.47 Å². The summed E-state index contributed by atoms with van der Waals surface area (Å²) in [6, 6.07) is 7.79. The maximum absolute atomic E-state index is 12.4. The molecule has 0 bridgehead atoms. The molecule has 5 nitrogen and oxygen atoms in total. The summed E-state index contributed by atoms with van der Waals surface area (Å²) in [4.78, 5) is 17.5. The monoisotopic (exact) mass is 392 g/mol. The smallest absolute Gasteiger partial charge is 0.264 e. The lowest BCUT2D eigenvalue weighted by Crippen LogP contribution is -2.48. The van der Waals surface area contributed by atoms with E-state index >= 15 is 0 Å². The van der Waals surface area contributed by atoms with Gasteiger partial charge in [-0.1, -0.05) is 17.7 Å². The summed E-state index contributed by atoms with van der Waals surface area (Å²) < 4.78 is 11.5. The summed E-state index contributed by atoms with van der Waals surface area (Å²) in [5.74, 6) is 1.52. The van der Waals surface area contributed by atoms with Crippen molar-refractivity contribution in [2.45, 2.75) is 13.0 Å². The lowest BCUT2D eigenvalue weighted by atomic mass is 10.1. The third-order valence-electron chi connectivity index (χ3n) is 4.66. The number of benzene rings is 1. The highest BCUT2D eigenvalue weighted by Crippen LogP contribution is 2.38. The molecule has 0 N–H and O–H groups in total. The lowest BCUT2D eigenvalue weighted by Gasteiger charge is -2.34. The Morgan fingerprint density at radius 1 is 1.15 bits per heavy atom. The minimum Gasteiger partial charge on any atom is -0.489 e. The minimum absolute atomic E-state index is 0.137. The van der Waals surface area contributed by atoms with Crippen LogP contribution in [0, 0.1) is 0 Å². The summed E-state index contributed by atoms with van der Waals surface area (Å²) in [5, 5.41) is 2.54. The predicted molar refractivity (Wildman–Crippen MR) is 103 cm³/mol. The molecule has 0 aliphatic carbocycles. The van der Waals surface area contributed by atoms with Gasteiger partial charge in [-0.2, -0.15) is 0 Å². The van der Waals surface area contributed by atoms with Gasteiger partial charge in [-0.3, -0.25) is 9.69 Å². The average molecular weight is 393 g/mol. The molecular formula is C19H21ClN2O3S. The Kier molecular flexibility index (Phi) is 5.33. The van der Waals surface area contributed by atoms with Gasteiger partial charge in [-0.05, 0) is 29.1 Å². The van der Waals surface area contributed by atoms with Crippen molar-refractivity contribution in [3.63, 3.8) is 0 Å². The molecule has 138 valence electrons. The molecule has 0 spiro atoms. The largest absolute Gasteiger partial charge is 0.489 e. The number of halogens is 1. The number of hydrogen-bond acceptors (Lipinski definition) is 5. The third-order valence-corrected chi connectivity index (χ3v) is 5.80. The number of ether oxygens (including phenoxy) is 2. The Bertz CT molecular complexity index is 773. The van der Waals surface area contributed by atoms with Crippen molar-refractivity contribution in [3.05, 3.63) is 45.1 Å². The number of amides is 1. The number of carbonyl (C=O) groups excluding carboxylic acids is 1. The molecule has 2 aromatic rings. The van der Waals surface area contributed by atoms with Crippen LogP contribution in [0.15, 0.2) is 29.6 Å². The van der Waals surface area contributed by atoms with E-state index in [1.165, 1.54) is 11.3 Å². The fraction of sp³-hybridized carbons (Fsp3) is 0.421. The molecule has 7 heteroatoms. The van der Waals surface area contributed by atoms with Crippen molar-refractivity contribution in [1.29, 1.82) is 0 Å². The standard InChI is InChI=1S/C19H21ClN2O3S/c20-15-11-14(12-16-18(15)25-9-2-8-24-16)13-21-4-6-22(7-5-21)19(23)17-3-1-10-26-17/h1,3,10-12H,2,4-9,13H2. The van der Waals surface area contributed by atoms with Gasteiger partial charge >= 0.3 is 0 Å². The third kappa shape index (κ3) is 3.82. The second-order valence-corrected chi connectivity index (χ2v) is 7.86. The zero-order valence-electron chi connectivity index (χ0n) is 14.4. The Morgan fingerprint density at radius 2 is 1.96 bits per heavy atom. The molecule has 2 aliphatic heterocycles. The first-order valence-corrected chi connectivity index (χ1v) is 10.1. The first-order valence-electron chi connectivity index (χ1n) is 8.84. The molecule has 2 aliphatic rings. The van der Waals surface area contributed by atoms with Gasteiger partial charge < -0.3 is 14.4 Å². The van der Waals surface area contributed by atoms with E-state index in [9.17, 15) is 4.79 Å². The highest BCUT2D eigenvalue weighted by Gasteiger charge is 2.23. The van der Waals surface area contributed by atoms with Crippen molar-refractivity contribution in [1.82, 2.24) is 9.80 Å². The fourth-order valence-corrected chi connectivity index (χ4v) is 4.28. The van der Waals surface area contributed by atoms with Crippen molar-refractivity contribution in [2.75, 3.05) is 39.4 Å². The predicted octanol–water partition coefficient (Wildman–Crippen LogP) is 3.52. The van der Waals surface area contributed by atoms with Gasteiger partial charge in [0.1, 0.15) is 0 Å². The molecule has 1 saturated heterocycles. The molecule has 1 aromatic carbocycles. The highest BCUT2D eigenvalue weighted by atomic mass is 35.5. The number of piperazine rings is 1. The van der Waals surface area contributed by atoms with Crippen molar-refractivity contribution >= 4 is 28.8 Å². The minimum atomic E-state index is 0.137.